The maximum atomic E-state index is 12.5. The van der Waals surface area contributed by atoms with E-state index in [0.717, 1.165) is 13.9 Å². The first-order valence-corrected chi connectivity index (χ1v) is 6.59. The summed E-state index contributed by atoms with van der Waals surface area (Å²) in [6.07, 6.45) is -1.93. The number of tetrazole rings is 1. The maximum absolute atomic E-state index is 12.5. The van der Waals surface area contributed by atoms with E-state index in [1.807, 2.05) is 0 Å². The highest BCUT2D eigenvalue weighted by Crippen LogP contribution is 2.18. The van der Waals surface area contributed by atoms with Crippen LogP contribution in [0.3, 0.4) is 0 Å². The number of nitrogens with zero attached hydrogens (tertiary/aromatic N) is 6. The van der Waals surface area contributed by atoms with Crippen LogP contribution in [-0.2, 0) is 13.1 Å². The predicted octanol–water partition coefficient (Wildman–Crippen LogP) is 1.24. The van der Waals surface area contributed by atoms with Crippen molar-refractivity contribution in [3.05, 3.63) is 59.0 Å². The Morgan fingerprint density at radius 1 is 1.09 bits per heavy atom. The molecule has 0 aliphatic rings. The lowest BCUT2D eigenvalue weighted by Crippen LogP contribution is -2.27. The van der Waals surface area contributed by atoms with E-state index in [2.05, 4.69) is 15.4 Å². The molecule has 2 aromatic heterocycles. The van der Waals surface area contributed by atoms with Gasteiger partial charge in [0.2, 0.25) is 0 Å². The minimum Gasteiger partial charge on any atom is -0.324 e. The number of imidazole rings is 1. The molecule has 1 aromatic carbocycles. The number of hydrogen-bond donors (Lipinski definition) is 0. The summed E-state index contributed by atoms with van der Waals surface area (Å²) < 4.78 is 40.4. The molecule has 0 amide bonds. The molecule has 7 nitrogen and oxygen atoms in total. The number of halogens is 3. The van der Waals surface area contributed by atoms with Crippen LogP contribution in [0.25, 0.3) is 5.69 Å². The fourth-order valence-corrected chi connectivity index (χ4v) is 2.07. The Balaban J connectivity index is 1.87. The second kappa shape index (κ2) is 5.71. The van der Waals surface area contributed by atoms with Crippen LogP contribution in [0.2, 0.25) is 0 Å². The van der Waals surface area contributed by atoms with Crippen molar-refractivity contribution in [1.29, 1.82) is 0 Å². The Hall–Kier alpha value is -2.91. The van der Waals surface area contributed by atoms with E-state index in [4.69, 9.17) is 0 Å². The van der Waals surface area contributed by atoms with E-state index in [0.29, 0.717) is 5.69 Å². The summed E-state index contributed by atoms with van der Waals surface area (Å²) in [4.78, 5) is 16.1. The lowest BCUT2D eigenvalue weighted by molar-refractivity contribution is -0.141. The quantitative estimate of drug-likeness (QED) is 0.724. The summed E-state index contributed by atoms with van der Waals surface area (Å²) in [5.41, 5.74) is -0.0415. The molecular weight excluding hydrogens is 313 g/mol. The zero-order valence-electron chi connectivity index (χ0n) is 11.7. The van der Waals surface area contributed by atoms with Crippen molar-refractivity contribution in [2.75, 3.05) is 0 Å². The third kappa shape index (κ3) is 3.30. The molecule has 10 heteroatoms. The maximum Gasteiger partial charge on any atom is 0.406 e. The van der Waals surface area contributed by atoms with Gasteiger partial charge >= 0.3 is 11.9 Å². The normalized spacial score (nSPS) is 11.8. The highest BCUT2D eigenvalue weighted by molar-refractivity contribution is 5.28. The average molecular weight is 324 g/mol. The zero-order chi connectivity index (χ0) is 16.4. The molecule has 0 saturated heterocycles. The molecule has 0 saturated carbocycles. The monoisotopic (exact) mass is 324 g/mol. The molecule has 0 unspecified atom stereocenters. The number of para-hydroxylation sites is 1. The Morgan fingerprint density at radius 2 is 1.83 bits per heavy atom. The van der Waals surface area contributed by atoms with Crippen molar-refractivity contribution < 1.29 is 13.2 Å². The summed E-state index contributed by atoms with van der Waals surface area (Å²) in [6.45, 7) is -1.38. The summed E-state index contributed by atoms with van der Waals surface area (Å²) in [6, 6.07) is 8.59. The molecule has 0 fully saturated rings. The molecule has 0 atom stereocenters. The van der Waals surface area contributed by atoms with Crippen LogP contribution < -0.4 is 5.69 Å². The molecule has 0 aliphatic heterocycles. The van der Waals surface area contributed by atoms with Gasteiger partial charge in [-0.05, 0) is 22.6 Å². The van der Waals surface area contributed by atoms with Crippen molar-refractivity contribution in [2.45, 2.75) is 19.3 Å². The first kappa shape index (κ1) is 15.0. The SMILES string of the molecule is O=c1n(Cc2nccn2CC(F)(F)F)nnn1-c1ccccc1. The van der Waals surface area contributed by atoms with Crippen molar-refractivity contribution in [3.63, 3.8) is 0 Å². The van der Waals surface area contributed by atoms with Crippen LogP contribution >= 0.6 is 0 Å². The predicted molar refractivity (Wildman–Crippen MR) is 73.0 cm³/mol. The first-order valence-electron chi connectivity index (χ1n) is 6.59. The molecule has 120 valence electrons. The number of aromatic nitrogens is 6. The Morgan fingerprint density at radius 3 is 2.52 bits per heavy atom. The third-order valence-electron chi connectivity index (χ3n) is 3.08. The smallest absolute Gasteiger partial charge is 0.324 e. The molecule has 0 aliphatic carbocycles. The minimum absolute atomic E-state index is 0.0736. The molecular formula is C13H11F3N6O. The lowest BCUT2D eigenvalue weighted by Gasteiger charge is -2.09. The van der Waals surface area contributed by atoms with Crippen LogP contribution in [0.5, 0.6) is 0 Å². The largest absolute Gasteiger partial charge is 0.406 e. The van der Waals surface area contributed by atoms with Gasteiger partial charge in [0.15, 0.2) is 0 Å². The van der Waals surface area contributed by atoms with Gasteiger partial charge < -0.3 is 4.57 Å². The topological polar surface area (TPSA) is 70.5 Å². The van der Waals surface area contributed by atoms with Gasteiger partial charge in [0, 0.05) is 12.4 Å². The summed E-state index contributed by atoms with van der Waals surface area (Å²) in [5, 5.41) is 7.42. The molecule has 0 N–H and O–H groups in total. The Bertz CT molecular complexity index is 848. The Kier molecular flexibility index (Phi) is 3.72. The second-order valence-electron chi connectivity index (χ2n) is 4.75. The highest BCUT2D eigenvalue weighted by atomic mass is 19.4. The second-order valence-corrected chi connectivity index (χ2v) is 4.75. The van der Waals surface area contributed by atoms with Crippen molar-refractivity contribution in [1.82, 2.24) is 29.3 Å². The van der Waals surface area contributed by atoms with Crippen LogP contribution in [0.1, 0.15) is 5.82 Å². The Labute approximate surface area is 127 Å². The minimum atomic E-state index is -4.37. The number of alkyl halides is 3. The fraction of sp³-hybridized carbons (Fsp3) is 0.231. The number of rotatable bonds is 4. The number of benzene rings is 1. The zero-order valence-corrected chi connectivity index (χ0v) is 11.7. The molecule has 0 radical (unpaired) electrons. The molecule has 2 heterocycles. The van der Waals surface area contributed by atoms with Crippen LogP contribution in [-0.4, -0.2) is 35.5 Å². The van der Waals surface area contributed by atoms with Gasteiger partial charge in [0.1, 0.15) is 18.9 Å². The number of hydrogen-bond acceptors (Lipinski definition) is 4. The average Bonchev–Trinajstić information content (AvgIpc) is 3.07. The standard InChI is InChI=1S/C13H11F3N6O/c14-13(15,16)9-20-7-6-17-11(20)8-21-12(23)22(19-18-21)10-4-2-1-3-5-10/h1-7H,8-9H2. The van der Waals surface area contributed by atoms with E-state index >= 15 is 0 Å². The van der Waals surface area contributed by atoms with Gasteiger partial charge in [-0.25, -0.2) is 9.78 Å². The summed E-state index contributed by atoms with van der Waals surface area (Å²) in [7, 11) is 0. The highest BCUT2D eigenvalue weighted by Gasteiger charge is 2.29. The van der Waals surface area contributed by atoms with Gasteiger partial charge in [-0.2, -0.15) is 22.5 Å². The van der Waals surface area contributed by atoms with Gasteiger partial charge in [-0.15, -0.1) is 0 Å². The van der Waals surface area contributed by atoms with Crippen molar-refractivity contribution >= 4 is 0 Å². The van der Waals surface area contributed by atoms with Crippen LogP contribution in [0, 0.1) is 0 Å². The van der Waals surface area contributed by atoms with E-state index in [9.17, 15) is 18.0 Å². The van der Waals surface area contributed by atoms with E-state index in [1.165, 1.54) is 12.4 Å². The van der Waals surface area contributed by atoms with E-state index < -0.39 is 18.4 Å². The van der Waals surface area contributed by atoms with Gasteiger partial charge in [-0.3, -0.25) is 0 Å². The van der Waals surface area contributed by atoms with Crippen molar-refractivity contribution in [2.24, 2.45) is 0 Å². The lowest BCUT2D eigenvalue weighted by atomic mass is 10.3. The third-order valence-corrected chi connectivity index (χ3v) is 3.08. The van der Waals surface area contributed by atoms with Crippen molar-refractivity contribution in [3.8, 4) is 5.69 Å². The molecule has 23 heavy (non-hydrogen) atoms. The fourth-order valence-electron chi connectivity index (χ4n) is 2.07. The van der Waals surface area contributed by atoms with Gasteiger partial charge in [0.05, 0.1) is 5.69 Å². The first-order chi connectivity index (χ1) is 10.9. The van der Waals surface area contributed by atoms with E-state index in [-0.39, 0.29) is 12.4 Å². The van der Waals surface area contributed by atoms with E-state index in [1.54, 1.807) is 30.3 Å². The molecule has 0 bridgehead atoms. The molecule has 0 spiro atoms. The van der Waals surface area contributed by atoms with Gasteiger partial charge in [-0.1, -0.05) is 18.2 Å². The summed E-state index contributed by atoms with van der Waals surface area (Å²) >= 11 is 0. The molecule has 3 aromatic rings. The van der Waals surface area contributed by atoms with Crippen LogP contribution in [0.15, 0.2) is 47.5 Å². The summed E-state index contributed by atoms with van der Waals surface area (Å²) in [5.74, 6) is 0.0736. The molecule has 3 rings (SSSR count). The van der Waals surface area contributed by atoms with Gasteiger partial charge in [0.25, 0.3) is 0 Å². The van der Waals surface area contributed by atoms with Crippen LogP contribution in [0.4, 0.5) is 13.2 Å².